The molecular formula is C21H23N3O4. The van der Waals surface area contributed by atoms with Crippen LogP contribution in [-0.4, -0.2) is 34.1 Å². The summed E-state index contributed by atoms with van der Waals surface area (Å²) < 4.78 is 16.9. The molecule has 3 aromatic rings. The standard InChI is InChI=1S/C21H23N3O4/c1-21(2)11-15(8-10-28-21)23-20(25)16-12-27-18(24-16)13-26-17-7-3-5-14-6-4-9-22-19(14)17/h3-7,9,12,15H,8,10-11,13H2,1-2H3,(H,23,25). The average molecular weight is 381 g/mol. The molecular weight excluding hydrogens is 358 g/mol. The first-order chi connectivity index (χ1) is 13.5. The molecule has 7 nitrogen and oxygen atoms in total. The highest BCUT2D eigenvalue weighted by molar-refractivity contribution is 5.92. The van der Waals surface area contributed by atoms with E-state index in [9.17, 15) is 4.79 Å². The number of oxazole rings is 1. The summed E-state index contributed by atoms with van der Waals surface area (Å²) in [5.41, 5.74) is 0.793. The van der Waals surface area contributed by atoms with Crippen LogP contribution in [-0.2, 0) is 11.3 Å². The van der Waals surface area contributed by atoms with E-state index in [1.54, 1.807) is 6.20 Å². The minimum absolute atomic E-state index is 0.0643. The SMILES string of the molecule is CC1(C)CC(NC(=O)c2coc(COc3cccc4cccnc34)n2)CCO1. The van der Waals surface area contributed by atoms with Gasteiger partial charge in [0, 0.05) is 24.2 Å². The lowest BCUT2D eigenvalue weighted by Crippen LogP contribution is -2.45. The molecule has 2 aromatic heterocycles. The third-order valence-electron chi connectivity index (χ3n) is 4.76. The van der Waals surface area contributed by atoms with Gasteiger partial charge in [0.05, 0.1) is 5.60 Å². The molecule has 0 saturated carbocycles. The number of nitrogens with zero attached hydrogens (tertiary/aromatic N) is 2. The lowest BCUT2D eigenvalue weighted by molar-refractivity contribution is -0.0615. The van der Waals surface area contributed by atoms with Gasteiger partial charge in [0.1, 0.15) is 17.5 Å². The van der Waals surface area contributed by atoms with Crippen molar-refractivity contribution in [1.29, 1.82) is 0 Å². The molecule has 1 saturated heterocycles. The normalized spacial score (nSPS) is 18.7. The molecule has 0 bridgehead atoms. The van der Waals surface area contributed by atoms with Crippen molar-refractivity contribution in [3.05, 3.63) is 54.4 Å². The Morgan fingerprint density at radius 1 is 1.32 bits per heavy atom. The van der Waals surface area contributed by atoms with E-state index in [4.69, 9.17) is 13.9 Å². The molecule has 7 heteroatoms. The second-order valence-corrected chi connectivity index (χ2v) is 7.52. The molecule has 4 rings (SSSR count). The molecule has 3 heterocycles. The van der Waals surface area contributed by atoms with Crippen molar-refractivity contribution in [3.63, 3.8) is 0 Å². The molecule has 1 aliphatic heterocycles. The fourth-order valence-corrected chi connectivity index (χ4v) is 3.43. The second kappa shape index (κ2) is 7.59. The molecule has 1 unspecified atom stereocenters. The summed E-state index contributed by atoms with van der Waals surface area (Å²) in [4.78, 5) is 21.1. The number of ether oxygens (including phenoxy) is 2. The van der Waals surface area contributed by atoms with Gasteiger partial charge >= 0.3 is 0 Å². The first-order valence-corrected chi connectivity index (χ1v) is 9.36. The van der Waals surface area contributed by atoms with Gasteiger partial charge in [-0.15, -0.1) is 0 Å². The van der Waals surface area contributed by atoms with Crippen molar-refractivity contribution in [2.45, 2.75) is 44.9 Å². The highest BCUT2D eigenvalue weighted by Gasteiger charge is 2.30. The van der Waals surface area contributed by atoms with Crippen molar-refractivity contribution in [2.75, 3.05) is 6.61 Å². The number of fused-ring (bicyclic) bond motifs is 1. The summed E-state index contributed by atoms with van der Waals surface area (Å²) in [6.07, 6.45) is 4.64. The third-order valence-corrected chi connectivity index (χ3v) is 4.76. The first kappa shape index (κ1) is 18.4. The number of hydrogen-bond donors (Lipinski definition) is 1. The molecule has 28 heavy (non-hydrogen) atoms. The Kier molecular flexibility index (Phi) is 5.00. The fraction of sp³-hybridized carbons (Fsp3) is 0.381. The Hall–Kier alpha value is -2.93. The topological polar surface area (TPSA) is 86.5 Å². The first-order valence-electron chi connectivity index (χ1n) is 9.36. The maximum Gasteiger partial charge on any atom is 0.273 e. The monoisotopic (exact) mass is 381 g/mol. The average Bonchev–Trinajstić information content (AvgIpc) is 3.15. The Bertz CT molecular complexity index is 977. The van der Waals surface area contributed by atoms with Crippen LogP contribution >= 0.6 is 0 Å². The highest BCUT2D eigenvalue weighted by Crippen LogP contribution is 2.25. The van der Waals surface area contributed by atoms with Crippen molar-refractivity contribution >= 4 is 16.8 Å². The largest absolute Gasteiger partial charge is 0.482 e. The zero-order valence-corrected chi connectivity index (χ0v) is 16.0. The number of aromatic nitrogens is 2. The smallest absolute Gasteiger partial charge is 0.273 e. The number of carbonyl (C=O) groups is 1. The van der Waals surface area contributed by atoms with Crippen molar-refractivity contribution in [3.8, 4) is 5.75 Å². The lowest BCUT2D eigenvalue weighted by atomic mass is 9.94. The molecule has 1 N–H and O–H groups in total. The van der Waals surface area contributed by atoms with E-state index in [-0.39, 0.29) is 29.9 Å². The van der Waals surface area contributed by atoms with Gasteiger partial charge in [-0.05, 0) is 38.8 Å². The number of benzene rings is 1. The number of rotatable bonds is 5. The maximum atomic E-state index is 12.5. The molecule has 1 atom stereocenters. The summed E-state index contributed by atoms with van der Waals surface area (Å²) in [6.45, 7) is 4.81. The third kappa shape index (κ3) is 4.14. The molecule has 1 fully saturated rings. The van der Waals surface area contributed by atoms with Crippen LogP contribution in [0.15, 0.2) is 47.2 Å². The van der Waals surface area contributed by atoms with Crippen LogP contribution < -0.4 is 10.1 Å². The minimum Gasteiger partial charge on any atom is -0.482 e. The molecule has 0 aliphatic carbocycles. The van der Waals surface area contributed by atoms with E-state index in [1.165, 1.54) is 6.26 Å². The summed E-state index contributed by atoms with van der Waals surface area (Å²) in [6, 6.07) is 9.64. The van der Waals surface area contributed by atoms with Gasteiger partial charge in [-0.25, -0.2) is 4.98 Å². The molecule has 1 aliphatic rings. The van der Waals surface area contributed by atoms with Crippen LogP contribution in [0.1, 0.15) is 43.1 Å². The van der Waals surface area contributed by atoms with Crippen LogP contribution in [0.3, 0.4) is 0 Å². The van der Waals surface area contributed by atoms with Crippen LogP contribution in [0.2, 0.25) is 0 Å². The Morgan fingerprint density at radius 2 is 2.18 bits per heavy atom. The Morgan fingerprint density at radius 3 is 3.04 bits per heavy atom. The number of nitrogens with one attached hydrogen (secondary N) is 1. The van der Waals surface area contributed by atoms with E-state index >= 15 is 0 Å². The van der Waals surface area contributed by atoms with Gasteiger partial charge in [-0.3, -0.25) is 9.78 Å². The van der Waals surface area contributed by atoms with E-state index in [1.807, 2.05) is 44.2 Å². The molecule has 146 valence electrons. The van der Waals surface area contributed by atoms with Crippen LogP contribution in [0, 0.1) is 0 Å². The highest BCUT2D eigenvalue weighted by atomic mass is 16.5. The summed E-state index contributed by atoms with van der Waals surface area (Å²) in [5, 5.41) is 4.00. The number of hydrogen-bond acceptors (Lipinski definition) is 6. The van der Waals surface area contributed by atoms with E-state index in [0.717, 1.165) is 23.7 Å². The van der Waals surface area contributed by atoms with Gasteiger partial charge in [-0.1, -0.05) is 18.2 Å². The van der Waals surface area contributed by atoms with Gasteiger partial charge in [0.25, 0.3) is 5.91 Å². The van der Waals surface area contributed by atoms with Gasteiger partial charge in [0.2, 0.25) is 5.89 Å². The molecule has 0 spiro atoms. The van der Waals surface area contributed by atoms with Gasteiger partial charge < -0.3 is 19.2 Å². The fourth-order valence-electron chi connectivity index (χ4n) is 3.43. The predicted octanol–water partition coefficient (Wildman–Crippen LogP) is 3.49. The Balaban J connectivity index is 1.38. The number of pyridine rings is 1. The van der Waals surface area contributed by atoms with Crippen LogP contribution in [0.4, 0.5) is 0 Å². The molecule has 1 amide bonds. The van der Waals surface area contributed by atoms with Crippen LogP contribution in [0.5, 0.6) is 5.75 Å². The second-order valence-electron chi connectivity index (χ2n) is 7.52. The number of carbonyl (C=O) groups excluding carboxylic acids is 1. The van der Waals surface area contributed by atoms with Crippen molar-refractivity contribution < 1.29 is 18.7 Å². The molecule has 1 aromatic carbocycles. The minimum atomic E-state index is -0.246. The van der Waals surface area contributed by atoms with Crippen molar-refractivity contribution in [1.82, 2.24) is 15.3 Å². The number of para-hydroxylation sites is 1. The van der Waals surface area contributed by atoms with E-state index in [0.29, 0.717) is 18.2 Å². The zero-order valence-electron chi connectivity index (χ0n) is 16.0. The lowest BCUT2D eigenvalue weighted by Gasteiger charge is -2.35. The van der Waals surface area contributed by atoms with Crippen molar-refractivity contribution in [2.24, 2.45) is 0 Å². The Labute approximate surface area is 163 Å². The number of amides is 1. The maximum absolute atomic E-state index is 12.5. The summed E-state index contributed by atoms with van der Waals surface area (Å²) in [7, 11) is 0. The summed E-state index contributed by atoms with van der Waals surface area (Å²) >= 11 is 0. The van der Waals surface area contributed by atoms with Gasteiger partial charge in [0.15, 0.2) is 12.3 Å². The summed E-state index contributed by atoms with van der Waals surface area (Å²) in [5.74, 6) is 0.738. The molecule has 0 radical (unpaired) electrons. The zero-order chi connectivity index (χ0) is 19.6. The predicted molar refractivity (Wildman–Crippen MR) is 103 cm³/mol. The van der Waals surface area contributed by atoms with E-state index < -0.39 is 0 Å². The van der Waals surface area contributed by atoms with Gasteiger partial charge in [-0.2, -0.15) is 0 Å². The van der Waals surface area contributed by atoms with E-state index in [2.05, 4.69) is 15.3 Å². The quantitative estimate of drug-likeness (QED) is 0.728. The van der Waals surface area contributed by atoms with Crippen LogP contribution in [0.25, 0.3) is 10.9 Å².